The standard InChI is InChI=1S/C15H26N2O3/c1-4-20-15(2,3)10-16-12-9-13(18)17(14(12)19)11-7-5-6-8-11/h11-12,16H,4-10H2,1-3H3. The fourth-order valence-electron chi connectivity index (χ4n) is 3.17. The average molecular weight is 282 g/mol. The zero-order valence-corrected chi connectivity index (χ0v) is 12.8. The Balaban J connectivity index is 1.91. The molecule has 1 saturated carbocycles. The van der Waals surface area contributed by atoms with Crippen molar-refractivity contribution >= 4 is 11.8 Å². The number of ether oxygens (including phenoxy) is 1. The predicted octanol–water partition coefficient (Wildman–Crippen LogP) is 1.46. The Kier molecular flexibility index (Phi) is 4.81. The van der Waals surface area contributed by atoms with Gasteiger partial charge in [-0.3, -0.25) is 14.5 Å². The van der Waals surface area contributed by atoms with Crippen molar-refractivity contribution in [1.29, 1.82) is 0 Å². The van der Waals surface area contributed by atoms with E-state index in [9.17, 15) is 9.59 Å². The first kappa shape index (κ1) is 15.4. The van der Waals surface area contributed by atoms with Crippen molar-refractivity contribution in [2.75, 3.05) is 13.2 Å². The van der Waals surface area contributed by atoms with Gasteiger partial charge >= 0.3 is 0 Å². The van der Waals surface area contributed by atoms with E-state index in [1.165, 1.54) is 4.90 Å². The molecule has 114 valence electrons. The van der Waals surface area contributed by atoms with Crippen LogP contribution < -0.4 is 5.32 Å². The zero-order chi connectivity index (χ0) is 14.8. The molecule has 2 amide bonds. The lowest BCUT2D eigenvalue weighted by atomic mass is 10.1. The van der Waals surface area contributed by atoms with Crippen molar-refractivity contribution in [2.45, 2.75) is 70.6 Å². The van der Waals surface area contributed by atoms with Crippen molar-refractivity contribution in [3.05, 3.63) is 0 Å². The molecule has 0 aromatic carbocycles. The molecule has 0 aromatic heterocycles. The molecule has 1 saturated heterocycles. The summed E-state index contributed by atoms with van der Waals surface area (Å²) in [5, 5.41) is 3.20. The van der Waals surface area contributed by atoms with E-state index >= 15 is 0 Å². The topological polar surface area (TPSA) is 58.6 Å². The second-order valence-corrected chi connectivity index (χ2v) is 6.37. The normalized spacial score (nSPS) is 24.9. The monoisotopic (exact) mass is 282 g/mol. The molecule has 1 aliphatic heterocycles. The smallest absolute Gasteiger partial charge is 0.247 e. The molecule has 5 heteroatoms. The van der Waals surface area contributed by atoms with Gasteiger partial charge in [-0.2, -0.15) is 0 Å². The highest BCUT2D eigenvalue weighted by Gasteiger charge is 2.43. The van der Waals surface area contributed by atoms with E-state index < -0.39 is 0 Å². The minimum absolute atomic E-state index is 0.0198. The fourth-order valence-corrected chi connectivity index (χ4v) is 3.17. The Morgan fingerprint density at radius 1 is 1.30 bits per heavy atom. The first-order chi connectivity index (χ1) is 9.44. The molecule has 2 aliphatic rings. The van der Waals surface area contributed by atoms with Crippen LogP contribution in [0.15, 0.2) is 0 Å². The van der Waals surface area contributed by atoms with Gasteiger partial charge < -0.3 is 10.1 Å². The lowest BCUT2D eigenvalue weighted by Gasteiger charge is -2.27. The van der Waals surface area contributed by atoms with E-state index in [1.54, 1.807) is 0 Å². The Morgan fingerprint density at radius 2 is 1.95 bits per heavy atom. The summed E-state index contributed by atoms with van der Waals surface area (Å²) >= 11 is 0. The summed E-state index contributed by atoms with van der Waals surface area (Å²) in [6.45, 7) is 7.14. The van der Waals surface area contributed by atoms with Crippen LogP contribution in [-0.4, -0.2) is 47.6 Å². The molecule has 0 aromatic rings. The van der Waals surface area contributed by atoms with Crippen LogP contribution in [-0.2, 0) is 14.3 Å². The first-order valence-corrected chi connectivity index (χ1v) is 7.68. The van der Waals surface area contributed by atoms with Gasteiger partial charge in [0.2, 0.25) is 11.8 Å². The molecule has 1 aliphatic carbocycles. The van der Waals surface area contributed by atoms with Crippen LogP contribution in [0.25, 0.3) is 0 Å². The highest BCUT2D eigenvalue weighted by atomic mass is 16.5. The number of nitrogens with zero attached hydrogens (tertiary/aromatic N) is 1. The lowest BCUT2D eigenvalue weighted by Crippen LogP contribution is -2.47. The molecular weight excluding hydrogens is 256 g/mol. The van der Waals surface area contributed by atoms with Crippen molar-refractivity contribution in [1.82, 2.24) is 10.2 Å². The summed E-state index contributed by atoms with van der Waals surface area (Å²) in [6, 6.07) is -0.232. The number of carbonyl (C=O) groups excluding carboxylic acids is 2. The molecule has 1 N–H and O–H groups in total. The molecule has 5 nitrogen and oxygen atoms in total. The van der Waals surface area contributed by atoms with E-state index in [0.29, 0.717) is 13.2 Å². The van der Waals surface area contributed by atoms with Gasteiger partial charge in [0.25, 0.3) is 0 Å². The molecule has 2 rings (SSSR count). The minimum atomic E-state index is -0.372. The van der Waals surface area contributed by atoms with Gasteiger partial charge in [0.1, 0.15) is 0 Å². The summed E-state index contributed by atoms with van der Waals surface area (Å²) in [7, 11) is 0. The molecule has 1 unspecified atom stereocenters. The van der Waals surface area contributed by atoms with Crippen LogP contribution in [0.3, 0.4) is 0 Å². The van der Waals surface area contributed by atoms with Gasteiger partial charge in [-0.15, -0.1) is 0 Å². The van der Waals surface area contributed by atoms with Gasteiger partial charge in [0, 0.05) is 19.2 Å². The van der Waals surface area contributed by atoms with E-state index in [-0.39, 0.29) is 35.9 Å². The summed E-state index contributed by atoms with van der Waals surface area (Å²) in [4.78, 5) is 26.0. The number of carbonyl (C=O) groups is 2. The number of rotatable bonds is 6. The van der Waals surface area contributed by atoms with Crippen LogP contribution in [0.4, 0.5) is 0 Å². The molecule has 0 radical (unpaired) electrons. The predicted molar refractivity (Wildman–Crippen MR) is 76.2 cm³/mol. The number of amides is 2. The van der Waals surface area contributed by atoms with Gasteiger partial charge in [-0.05, 0) is 33.6 Å². The Bertz CT molecular complexity index is 375. The number of nitrogens with one attached hydrogen (secondary N) is 1. The van der Waals surface area contributed by atoms with Crippen LogP contribution in [0.5, 0.6) is 0 Å². The summed E-state index contributed by atoms with van der Waals surface area (Å²) in [5.41, 5.74) is -0.321. The third-order valence-corrected chi connectivity index (χ3v) is 4.18. The molecule has 0 spiro atoms. The number of hydrogen-bond acceptors (Lipinski definition) is 4. The fraction of sp³-hybridized carbons (Fsp3) is 0.867. The van der Waals surface area contributed by atoms with Gasteiger partial charge in [-0.25, -0.2) is 0 Å². The second kappa shape index (κ2) is 6.22. The highest BCUT2D eigenvalue weighted by Crippen LogP contribution is 2.28. The van der Waals surface area contributed by atoms with Gasteiger partial charge in [-0.1, -0.05) is 12.8 Å². The van der Waals surface area contributed by atoms with Crippen molar-refractivity contribution in [2.24, 2.45) is 0 Å². The van der Waals surface area contributed by atoms with Crippen LogP contribution in [0, 0.1) is 0 Å². The molecule has 1 heterocycles. The maximum absolute atomic E-state index is 12.4. The lowest BCUT2D eigenvalue weighted by molar-refractivity contribution is -0.141. The molecule has 0 bridgehead atoms. The molecule has 2 fully saturated rings. The largest absolute Gasteiger partial charge is 0.375 e. The van der Waals surface area contributed by atoms with Crippen molar-refractivity contribution in [3.8, 4) is 0 Å². The number of hydrogen-bond donors (Lipinski definition) is 1. The van der Waals surface area contributed by atoms with Crippen LogP contribution in [0.2, 0.25) is 0 Å². The Labute approximate surface area is 121 Å². The maximum atomic E-state index is 12.4. The molecular formula is C15H26N2O3. The van der Waals surface area contributed by atoms with Crippen LogP contribution in [0.1, 0.15) is 52.9 Å². The van der Waals surface area contributed by atoms with Gasteiger partial charge in [0.05, 0.1) is 18.1 Å². The maximum Gasteiger partial charge on any atom is 0.247 e. The van der Waals surface area contributed by atoms with Gasteiger partial charge in [0.15, 0.2) is 0 Å². The van der Waals surface area contributed by atoms with E-state index in [4.69, 9.17) is 4.74 Å². The number of likely N-dealkylation sites (tertiary alicyclic amines) is 1. The third kappa shape index (κ3) is 3.38. The van der Waals surface area contributed by atoms with E-state index in [0.717, 1.165) is 25.7 Å². The second-order valence-electron chi connectivity index (χ2n) is 6.37. The molecule has 20 heavy (non-hydrogen) atoms. The quantitative estimate of drug-likeness (QED) is 0.749. The number of imide groups is 1. The Morgan fingerprint density at radius 3 is 2.55 bits per heavy atom. The van der Waals surface area contributed by atoms with Crippen molar-refractivity contribution < 1.29 is 14.3 Å². The highest BCUT2D eigenvalue weighted by molar-refractivity contribution is 6.05. The average Bonchev–Trinajstić information content (AvgIpc) is 2.95. The minimum Gasteiger partial charge on any atom is -0.375 e. The first-order valence-electron chi connectivity index (χ1n) is 7.68. The molecule has 1 atom stereocenters. The van der Waals surface area contributed by atoms with E-state index in [1.807, 2.05) is 20.8 Å². The zero-order valence-electron chi connectivity index (χ0n) is 12.8. The SMILES string of the molecule is CCOC(C)(C)CNC1CC(=O)N(C2CCCC2)C1=O. The summed E-state index contributed by atoms with van der Waals surface area (Å²) < 4.78 is 5.61. The van der Waals surface area contributed by atoms with Crippen molar-refractivity contribution in [3.63, 3.8) is 0 Å². The summed E-state index contributed by atoms with van der Waals surface area (Å²) in [6.07, 6.45) is 4.47. The Hall–Kier alpha value is -0.940. The van der Waals surface area contributed by atoms with Crippen LogP contribution >= 0.6 is 0 Å². The summed E-state index contributed by atoms with van der Waals surface area (Å²) in [5.74, 6) is -0.0668. The third-order valence-electron chi connectivity index (χ3n) is 4.18. The van der Waals surface area contributed by atoms with E-state index in [2.05, 4.69) is 5.32 Å².